The lowest BCUT2D eigenvalue weighted by Crippen LogP contribution is -2.13. The van der Waals surface area contributed by atoms with Crippen LogP contribution < -0.4 is 5.43 Å². The molecule has 0 radical (unpaired) electrons. The number of fused-ring (bicyclic) bond motifs is 1. The van der Waals surface area contributed by atoms with Gasteiger partial charge >= 0.3 is 0 Å². The third-order valence-corrected chi connectivity index (χ3v) is 2.82. The maximum absolute atomic E-state index is 12.0. The Hall–Kier alpha value is -2.08. The lowest BCUT2D eigenvalue weighted by molar-refractivity contribution is 0.696. The molecule has 86 valence electrons. The summed E-state index contributed by atoms with van der Waals surface area (Å²) in [6.07, 6.45) is 2.63. The molecule has 0 aliphatic carbocycles. The zero-order valence-electron chi connectivity index (χ0n) is 10.0. The molecule has 1 heterocycles. The molecule has 0 fully saturated rings. The van der Waals surface area contributed by atoms with Crippen molar-refractivity contribution >= 4 is 10.9 Å². The lowest BCUT2D eigenvalue weighted by Gasteiger charge is -2.10. The molecule has 0 atom stereocenters. The van der Waals surface area contributed by atoms with Crippen LogP contribution in [0.15, 0.2) is 29.2 Å². The Balaban J connectivity index is 2.88. The zero-order chi connectivity index (χ0) is 12.4. The summed E-state index contributed by atoms with van der Waals surface area (Å²) >= 11 is 0. The van der Waals surface area contributed by atoms with E-state index in [1.807, 2.05) is 35.8 Å². The van der Waals surface area contributed by atoms with Gasteiger partial charge in [-0.3, -0.25) is 4.79 Å². The van der Waals surface area contributed by atoms with Crippen LogP contribution >= 0.6 is 0 Å². The Morgan fingerprint density at radius 3 is 2.82 bits per heavy atom. The van der Waals surface area contributed by atoms with Crippen LogP contribution in [0.25, 0.3) is 10.9 Å². The molecule has 17 heavy (non-hydrogen) atoms. The van der Waals surface area contributed by atoms with Crippen LogP contribution in [0.5, 0.6) is 0 Å². The van der Waals surface area contributed by atoms with Crippen molar-refractivity contribution in [2.75, 3.05) is 0 Å². The molecular weight excluding hydrogens is 212 g/mol. The second-order valence-electron chi connectivity index (χ2n) is 4.20. The van der Waals surface area contributed by atoms with Crippen LogP contribution in [0, 0.1) is 18.3 Å². The number of nitrogens with zero attached hydrogens (tertiary/aromatic N) is 2. The van der Waals surface area contributed by atoms with Gasteiger partial charge < -0.3 is 4.57 Å². The molecule has 0 N–H and O–H groups in total. The van der Waals surface area contributed by atoms with E-state index in [9.17, 15) is 4.79 Å². The summed E-state index contributed by atoms with van der Waals surface area (Å²) in [5, 5.41) is 9.61. The van der Waals surface area contributed by atoms with E-state index in [2.05, 4.69) is 6.92 Å². The maximum Gasteiger partial charge on any atom is 0.207 e. The van der Waals surface area contributed by atoms with E-state index in [0.29, 0.717) is 5.39 Å². The van der Waals surface area contributed by atoms with Crippen molar-refractivity contribution < 1.29 is 0 Å². The highest BCUT2D eigenvalue weighted by Gasteiger charge is 2.08. The van der Waals surface area contributed by atoms with Gasteiger partial charge in [-0.15, -0.1) is 0 Å². The number of aryl methyl sites for hydroxylation is 2. The normalized spacial score (nSPS) is 10.4. The number of nitriles is 1. The SMILES string of the molecule is CCCn1cc(C#N)c(=O)c2cc(C)ccc21. The molecule has 2 rings (SSSR count). The van der Waals surface area contributed by atoms with Crippen molar-refractivity contribution in [2.45, 2.75) is 26.8 Å². The van der Waals surface area contributed by atoms with Gasteiger partial charge in [0.15, 0.2) is 0 Å². The first-order valence-corrected chi connectivity index (χ1v) is 5.71. The third-order valence-electron chi connectivity index (χ3n) is 2.82. The average Bonchev–Trinajstić information content (AvgIpc) is 2.33. The fourth-order valence-electron chi connectivity index (χ4n) is 2.02. The fraction of sp³-hybridized carbons (Fsp3) is 0.286. The first-order valence-electron chi connectivity index (χ1n) is 5.71. The first kappa shape index (κ1) is 11.4. The highest BCUT2D eigenvalue weighted by molar-refractivity contribution is 5.80. The Kier molecular flexibility index (Phi) is 2.97. The summed E-state index contributed by atoms with van der Waals surface area (Å²) in [7, 11) is 0. The van der Waals surface area contributed by atoms with Crippen molar-refractivity contribution in [3.63, 3.8) is 0 Å². The standard InChI is InChI=1S/C14H14N2O/c1-3-6-16-9-11(8-15)14(17)12-7-10(2)4-5-13(12)16/h4-5,7,9H,3,6H2,1-2H3. The van der Waals surface area contributed by atoms with E-state index >= 15 is 0 Å². The first-order chi connectivity index (χ1) is 8.17. The minimum atomic E-state index is -0.168. The second kappa shape index (κ2) is 4.42. The molecule has 3 heteroatoms. The van der Waals surface area contributed by atoms with E-state index in [-0.39, 0.29) is 11.0 Å². The van der Waals surface area contributed by atoms with Crippen molar-refractivity contribution in [2.24, 2.45) is 0 Å². The smallest absolute Gasteiger partial charge is 0.207 e. The highest BCUT2D eigenvalue weighted by atomic mass is 16.1. The number of aromatic nitrogens is 1. The molecule has 1 aromatic carbocycles. The zero-order valence-corrected chi connectivity index (χ0v) is 10.0. The van der Waals surface area contributed by atoms with Crippen LogP contribution in [-0.4, -0.2) is 4.57 Å². The summed E-state index contributed by atoms with van der Waals surface area (Å²) in [6, 6.07) is 7.76. The molecule has 0 saturated carbocycles. The van der Waals surface area contributed by atoms with Crippen molar-refractivity contribution in [3.8, 4) is 6.07 Å². The molecule has 3 nitrogen and oxygen atoms in total. The van der Waals surface area contributed by atoms with Gasteiger partial charge in [-0.2, -0.15) is 5.26 Å². The number of benzene rings is 1. The number of hydrogen-bond acceptors (Lipinski definition) is 2. The van der Waals surface area contributed by atoms with Gasteiger partial charge in [0.25, 0.3) is 0 Å². The Labute approximate surface area is 99.9 Å². The second-order valence-corrected chi connectivity index (χ2v) is 4.20. The lowest BCUT2D eigenvalue weighted by atomic mass is 10.1. The van der Waals surface area contributed by atoms with Crippen LogP contribution in [0.3, 0.4) is 0 Å². The van der Waals surface area contributed by atoms with Crippen LogP contribution in [0.1, 0.15) is 24.5 Å². The Morgan fingerprint density at radius 1 is 1.41 bits per heavy atom. The van der Waals surface area contributed by atoms with E-state index in [0.717, 1.165) is 24.0 Å². The van der Waals surface area contributed by atoms with Crippen molar-refractivity contribution in [1.29, 1.82) is 5.26 Å². The third kappa shape index (κ3) is 1.94. The summed E-state index contributed by atoms with van der Waals surface area (Å²) in [5.41, 5.74) is 1.99. The van der Waals surface area contributed by atoms with Crippen molar-refractivity contribution in [1.82, 2.24) is 4.57 Å². The van der Waals surface area contributed by atoms with Gasteiger partial charge in [-0.25, -0.2) is 0 Å². The van der Waals surface area contributed by atoms with E-state index in [1.165, 1.54) is 0 Å². The van der Waals surface area contributed by atoms with E-state index in [1.54, 1.807) is 6.20 Å². The number of rotatable bonds is 2. The van der Waals surface area contributed by atoms with Gasteiger partial charge in [0.2, 0.25) is 5.43 Å². The van der Waals surface area contributed by atoms with Gasteiger partial charge in [0.05, 0.1) is 5.52 Å². The number of hydrogen-bond donors (Lipinski definition) is 0. The molecule has 0 spiro atoms. The van der Waals surface area contributed by atoms with Crippen molar-refractivity contribution in [3.05, 3.63) is 45.7 Å². The predicted octanol–water partition coefficient (Wildman–Crippen LogP) is 2.59. The quantitative estimate of drug-likeness (QED) is 0.790. The van der Waals surface area contributed by atoms with Gasteiger partial charge in [-0.1, -0.05) is 18.6 Å². The maximum atomic E-state index is 12.0. The topological polar surface area (TPSA) is 45.8 Å². The van der Waals surface area contributed by atoms with E-state index < -0.39 is 0 Å². The van der Waals surface area contributed by atoms with Crippen LogP contribution in [0.2, 0.25) is 0 Å². The molecular formula is C14H14N2O. The molecule has 0 unspecified atom stereocenters. The predicted molar refractivity (Wildman–Crippen MR) is 68.0 cm³/mol. The molecule has 0 amide bonds. The van der Waals surface area contributed by atoms with Crippen LogP contribution in [-0.2, 0) is 6.54 Å². The Morgan fingerprint density at radius 2 is 2.18 bits per heavy atom. The van der Waals surface area contributed by atoms with Crippen LogP contribution in [0.4, 0.5) is 0 Å². The largest absolute Gasteiger partial charge is 0.346 e. The van der Waals surface area contributed by atoms with Gasteiger partial charge in [0, 0.05) is 18.1 Å². The summed E-state index contributed by atoms with van der Waals surface area (Å²) in [6.45, 7) is 4.83. The fourth-order valence-corrected chi connectivity index (χ4v) is 2.02. The minimum Gasteiger partial charge on any atom is -0.346 e. The summed E-state index contributed by atoms with van der Waals surface area (Å²) in [5.74, 6) is 0. The van der Waals surface area contributed by atoms with Gasteiger partial charge in [-0.05, 0) is 25.5 Å². The minimum absolute atomic E-state index is 0.168. The van der Waals surface area contributed by atoms with Gasteiger partial charge in [0.1, 0.15) is 11.6 Å². The highest BCUT2D eigenvalue weighted by Crippen LogP contribution is 2.14. The monoisotopic (exact) mass is 226 g/mol. The number of pyridine rings is 1. The molecule has 2 aromatic rings. The molecule has 0 aliphatic rings. The Bertz CT molecular complexity index is 662. The molecule has 0 aliphatic heterocycles. The molecule has 0 saturated heterocycles. The molecule has 0 bridgehead atoms. The summed E-state index contributed by atoms with van der Waals surface area (Å²) in [4.78, 5) is 12.0. The van der Waals surface area contributed by atoms with E-state index in [4.69, 9.17) is 5.26 Å². The summed E-state index contributed by atoms with van der Waals surface area (Å²) < 4.78 is 1.98. The molecule has 1 aromatic heterocycles. The average molecular weight is 226 g/mol.